The highest BCUT2D eigenvalue weighted by Crippen LogP contribution is 2.29. The topological polar surface area (TPSA) is 90.0 Å². The summed E-state index contributed by atoms with van der Waals surface area (Å²) in [5.41, 5.74) is 0.180. The van der Waals surface area contributed by atoms with E-state index in [-0.39, 0.29) is 16.8 Å². The fraction of sp³-hybridized carbons (Fsp3) is 0.250. The molecule has 0 aliphatic rings. The van der Waals surface area contributed by atoms with Crippen LogP contribution in [0.3, 0.4) is 0 Å². The van der Waals surface area contributed by atoms with Gasteiger partial charge in [0.2, 0.25) is 5.91 Å². The number of unbranched alkanes of at least 4 members (excludes halogenated alkanes) is 1. The standard InChI is InChI=1S/C24H23FN4O3S/c1-3-4-13-20(22(30)27-21-14-15(2)32-28-21)33-24-26-18-11-7-5-9-16(18)23(31)29(24)19-12-8-6-10-17(19)25/h5-12,14,20H,3-4,13H2,1-2H3,(H,27,28,30). The van der Waals surface area contributed by atoms with Gasteiger partial charge in [-0.3, -0.25) is 14.2 Å². The second kappa shape index (κ2) is 9.99. The van der Waals surface area contributed by atoms with Gasteiger partial charge in [0.1, 0.15) is 11.6 Å². The number of aryl methyl sites for hydroxylation is 1. The minimum Gasteiger partial charge on any atom is -0.360 e. The van der Waals surface area contributed by atoms with E-state index < -0.39 is 16.6 Å². The van der Waals surface area contributed by atoms with Crippen LogP contribution in [0.25, 0.3) is 16.6 Å². The third-order valence-electron chi connectivity index (χ3n) is 5.08. The number of hydrogen-bond donors (Lipinski definition) is 1. The van der Waals surface area contributed by atoms with Crippen molar-refractivity contribution in [2.45, 2.75) is 43.5 Å². The molecule has 4 aromatic rings. The molecule has 0 aliphatic heterocycles. The van der Waals surface area contributed by atoms with E-state index in [1.807, 2.05) is 6.92 Å². The molecule has 2 aromatic heterocycles. The van der Waals surface area contributed by atoms with Gasteiger partial charge in [0, 0.05) is 6.07 Å². The predicted molar refractivity (Wildman–Crippen MR) is 126 cm³/mol. The first kappa shape index (κ1) is 22.7. The molecule has 2 aromatic carbocycles. The van der Waals surface area contributed by atoms with E-state index in [2.05, 4.69) is 15.5 Å². The fourth-order valence-corrected chi connectivity index (χ4v) is 4.57. The van der Waals surface area contributed by atoms with Crippen molar-refractivity contribution in [1.29, 1.82) is 0 Å². The molecule has 33 heavy (non-hydrogen) atoms. The van der Waals surface area contributed by atoms with Crippen molar-refractivity contribution in [1.82, 2.24) is 14.7 Å². The average molecular weight is 467 g/mol. The molecule has 4 rings (SSSR count). The molecule has 1 N–H and O–H groups in total. The summed E-state index contributed by atoms with van der Waals surface area (Å²) >= 11 is 1.14. The molecule has 1 amide bonds. The van der Waals surface area contributed by atoms with Crippen molar-refractivity contribution in [2.75, 3.05) is 5.32 Å². The molecule has 9 heteroatoms. The average Bonchev–Trinajstić information content (AvgIpc) is 3.22. The normalized spacial score (nSPS) is 12.1. The molecular formula is C24H23FN4O3S. The summed E-state index contributed by atoms with van der Waals surface area (Å²) in [6, 6.07) is 14.6. The van der Waals surface area contributed by atoms with Crippen LogP contribution < -0.4 is 10.9 Å². The van der Waals surface area contributed by atoms with Crippen LogP contribution in [0.1, 0.15) is 31.9 Å². The Balaban J connectivity index is 1.78. The number of para-hydroxylation sites is 2. The van der Waals surface area contributed by atoms with Crippen LogP contribution >= 0.6 is 11.8 Å². The van der Waals surface area contributed by atoms with Gasteiger partial charge >= 0.3 is 0 Å². The monoisotopic (exact) mass is 466 g/mol. The first-order chi connectivity index (χ1) is 16.0. The van der Waals surface area contributed by atoms with Gasteiger partial charge in [-0.2, -0.15) is 0 Å². The van der Waals surface area contributed by atoms with Crippen molar-refractivity contribution in [3.8, 4) is 5.69 Å². The zero-order valence-electron chi connectivity index (χ0n) is 18.2. The first-order valence-electron chi connectivity index (χ1n) is 10.7. The zero-order chi connectivity index (χ0) is 23.4. The minimum absolute atomic E-state index is 0.0880. The Morgan fingerprint density at radius 2 is 1.97 bits per heavy atom. The van der Waals surface area contributed by atoms with Crippen molar-refractivity contribution in [3.05, 3.63) is 76.5 Å². The van der Waals surface area contributed by atoms with Gasteiger partial charge in [-0.25, -0.2) is 9.37 Å². The highest BCUT2D eigenvalue weighted by molar-refractivity contribution is 8.00. The summed E-state index contributed by atoms with van der Waals surface area (Å²) in [6.07, 6.45) is 2.23. The molecule has 0 aliphatic carbocycles. The Kier molecular flexibility index (Phi) is 6.88. The molecule has 0 saturated heterocycles. The Morgan fingerprint density at radius 1 is 1.21 bits per heavy atom. The highest BCUT2D eigenvalue weighted by atomic mass is 32.2. The lowest BCUT2D eigenvalue weighted by molar-refractivity contribution is -0.115. The summed E-state index contributed by atoms with van der Waals surface area (Å²) in [5.74, 6) is 0.0561. The number of halogens is 1. The smallest absolute Gasteiger partial charge is 0.266 e. The number of carbonyl (C=O) groups is 1. The Labute approximate surface area is 194 Å². The number of thioether (sulfide) groups is 1. The Hall–Kier alpha value is -3.46. The molecule has 0 bridgehead atoms. The molecule has 2 heterocycles. The Bertz CT molecular complexity index is 1350. The summed E-state index contributed by atoms with van der Waals surface area (Å²) in [5, 5.41) is 6.62. The lowest BCUT2D eigenvalue weighted by Gasteiger charge is -2.18. The quantitative estimate of drug-likeness (QED) is 0.287. The number of amides is 1. The summed E-state index contributed by atoms with van der Waals surface area (Å²) in [4.78, 5) is 31.1. The number of nitrogens with zero attached hydrogens (tertiary/aromatic N) is 3. The number of aromatic nitrogens is 3. The van der Waals surface area contributed by atoms with Gasteiger partial charge in [0.05, 0.1) is 21.8 Å². The number of nitrogens with one attached hydrogen (secondary N) is 1. The second-order valence-electron chi connectivity index (χ2n) is 7.56. The minimum atomic E-state index is -0.576. The van der Waals surface area contributed by atoms with Crippen molar-refractivity contribution >= 4 is 34.4 Å². The van der Waals surface area contributed by atoms with Crippen LogP contribution in [-0.2, 0) is 4.79 Å². The van der Waals surface area contributed by atoms with E-state index in [0.717, 1.165) is 24.6 Å². The summed E-state index contributed by atoms with van der Waals surface area (Å²) in [7, 11) is 0. The maximum atomic E-state index is 14.7. The van der Waals surface area contributed by atoms with Crippen molar-refractivity contribution in [2.24, 2.45) is 0 Å². The molecule has 1 unspecified atom stereocenters. The number of anilines is 1. The lowest BCUT2D eigenvalue weighted by atomic mass is 10.2. The van der Waals surface area contributed by atoms with E-state index in [0.29, 0.717) is 28.9 Å². The van der Waals surface area contributed by atoms with Crippen LogP contribution in [0.5, 0.6) is 0 Å². The number of hydrogen-bond acceptors (Lipinski definition) is 6. The van der Waals surface area contributed by atoms with Crippen molar-refractivity contribution in [3.63, 3.8) is 0 Å². The van der Waals surface area contributed by atoms with Gasteiger partial charge in [0.15, 0.2) is 11.0 Å². The summed E-state index contributed by atoms with van der Waals surface area (Å²) < 4.78 is 21.0. The number of benzene rings is 2. The number of fused-ring (bicyclic) bond motifs is 1. The van der Waals surface area contributed by atoms with E-state index in [4.69, 9.17) is 4.52 Å². The predicted octanol–water partition coefficient (Wildman–Crippen LogP) is 5.11. The van der Waals surface area contributed by atoms with E-state index in [1.165, 1.54) is 16.7 Å². The molecule has 0 fully saturated rings. The van der Waals surface area contributed by atoms with E-state index >= 15 is 0 Å². The third-order valence-corrected chi connectivity index (χ3v) is 6.30. The van der Waals surface area contributed by atoms with E-state index in [9.17, 15) is 14.0 Å². The number of rotatable bonds is 8. The van der Waals surface area contributed by atoms with Crippen LogP contribution in [0, 0.1) is 12.7 Å². The largest absolute Gasteiger partial charge is 0.360 e. The van der Waals surface area contributed by atoms with Crippen LogP contribution in [0.4, 0.5) is 10.2 Å². The van der Waals surface area contributed by atoms with Gasteiger partial charge < -0.3 is 9.84 Å². The first-order valence-corrected chi connectivity index (χ1v) is 11.5. The molecule has 0 saturated carbocycles. The highest BCUT2D eigenvalue weighted by Gasteiger charge is 2.25. The molecule has 1 atom stereocenters. The van der Waals surface area contributed by atoms with Crippen LogP contribution in [0.2, 0.25) is 0 Å². The third kappa shape index (κ3) is 4.98. The lowest BCUT2D eigenvalue weighted by Crippen LogP contribution is -2.28. The number of carbonyl (C=O) groups excluding carboxylic acids is 1. The SMILES string of the molecule is CCCCC(Sc1nc2ccccc2c(=O)n1-c1ccccc1F)C(=O)Nc1cc(C)on1. The van der Waals surface area contributed by atoms with Crippen LogP contribution in [0.15, 0.2) is 69.1 Å². The Morgan fingerprint density at radius 3 is 2.70 bits per heavy atom. The van der Waals surface area contributed by atoms with Gasteiger partial charge in [-0.05, 0) is 37.6 Å². The molecule has 0 spiro atoms. The fourth-order valence-electron chi connectivity index (χ4n) is 3.43. The van der Waals surface area contributed by atoms with Gasteiger partial charge in [-0.15, -0.1) is 0 Å². The summed E-state index contributed by atoms with van der Waals surface area (Å²) in [6.45, 7) is 3.77. The molecule has 170 valence electrons. The van der Waals surface area contributed by atoms with Crippen LogP contribution in [-0.4, -0.2) is 25.9 Å². The molecule has 0 radical (unpaired) electrons. The maximum Gasteiger partial charge on any atom is 0.266 e. The van der Waals surface area contributed by atoms with Gasteiger partial charge in [-0.1, -0.05) is 60.9 Å². The van der Waals surface area contributed by atoms with Crippen molar-refractivity contribution < 1.29 is 13.7 Å². The maximum absolute atomic E-state index is 14.7. The molecular weight excluding hydrogens is 443 g/mol. The van der Waals surface area contributed by atoms with Gasteiger partial charge in [0.25, 0.3) is 5.56 Å². The zero-order valence-corrected chi connectivity index (χ0v) is 19.1. The molecule has 7 nitrogen and oxygen atoms in total. The van der Waals surface area contributed by atoms with E-state index in [1.54, 1.807) is 49.4 Å². The second-order valence-corrected chi connectivity index (χ2v) is 8.73.